The number of ketones is 1. The first-order valence-corrected chi connectivity index (χ1v) is 5.92. The number of nitriles is 1. The Morgan fingerprint density at radius 3 is 2.74 bits per heavy atom. The van der Waals surface area contributed by atoms with Crippen molar-refractivity contribution in [2.75, 3.05) is 6.61 Å². The molecule has 0 atom stereocenters. The van der Waals surface area contributed by atoms with Crippen molar-refractivity contribution in [2.24, 2.45) is 0 Å². The average Bonchev–Trinajstić information content (AvgIpc) is 2.46. The van der Waals surface area contributed by atoms with Gasteiger partial charge in [-0.3, -0.25) is 4.79 Å². The highest BCUT2D eigenvalue weighted by molar-refractivity contribution is 5.97. The number of para-hydroxylation sites is 1. The third kappa shape index (κ3) is 3.20. The lowest BCUT2D eigenvalue weighted by Crippen LogP contribution is -2.12. The lowest BCUT2D eigenvalue weighted by molar-refractivity contribution is 0.0921. The Bertz CT molecular complexity index is 641. The van der Waals surface area contributed by atoms with E-state index in [0.717, 1.165) is 5.56 Å². The van der Waals surface area contributed by atoms with Crippen LogP contribution in [0.25, 0.3) is 0 Å². The summed E-state index contributed by atoms with van der Waals surface area (Å²) in [5, 5.41) is 8.80. The van der Waals surface area contributed by atoms with Gasteiger partial charge in [0.25, 0.3) is 0 Å². The first-order valence-electron chi connectivity index (χ1n) is 5.92. The Kier molecular flexibility index (Phi) is 3.94. The van der Waals surface area contributed by atoms with Crippen LogP contribution in [0.15, 0.2) is 48.5 Å². The molecule has 3 heteroatoms. The Morgan fingerprint density at radius 1 is 1.21 bits per heavy atom. The van der Waals surface area contributed by atoms with Gasteiger partial charge in [0.2, 0.25) is 0 Å². The van der Waals surface area contributed by atoms with Crippen LogP contribution in [-0.4, -0.2) is 12.4 Å². The van der Waals surface area contributed by atoms with Crippen LogP contribution in [0.1, 0.15) is 21.5 Å². The van der Waals surface area contributed by atoms with Gasteiger partial charge in [-0.25, -0.2) is 0 Å². The molecule has 0 radical (unpaired) electrons. The Labute approximate surface area is 112 Å². The number of Topliss-reactive ketones (excluding diaryl/α,β-unsaturated/α-hetero) is 1. The molecule has 0 bridgehead atoms. The number of carbonyl (C=O) groups excluding carboxylic acids is 1. The topological polar surface area (TPSA) is 50.1 Å². The average molecular weight is 251 g/mol. The second-order valence-electron chi connectivity index (χ2n) is 4.17. The Hall–Kier alpha value is -2.60. The molecule has 0 aliphatic carbocycles. The van der Waals surface area contributed by atoms with E-state index in [0.29, 0.717) is 16.9 Å². The second kappa shape index (κ2) is 5.83. The summed E-state index contributed by atoms with van der Waals surface area (Å²) in [5.74, 6) is 0.563. The maximum Gasteiger partial charge on any atom is 0.200 e. The van der Waals surface area contributed by atoms with Gasteiger partial charge in [-0.2, -0.15) is 5.26 Å². The monoisotopic (exact) mass is 251 g/mol. The first kappa shape index (κ1) is 12.8. The number of ether oxygens (including phenoxy) is 1. The van der Waals surface area contributed by atoms with E-state index in [4.69, 9.17) is 10.00 Å². The van der Waals surface area contributed by atoms with Gasteiger partial charge in [0.1, 0.15) is 5.75 Å². The fourth-order valence-electron chi connectivity index (χ4n) is 1.71. The third-order valence-electron chi connectivity index (χ3n) is 2.77. The van der Waals surface area contributed by atoms with E-state index >= 15 is 0 Å². The predicted octanol–water partition coefficient (Wildman–Crippen LogP) is 3.13. The molecule has 0 spiro atoms. The standard InChI is InChI=1S/C16H13NO2/c1-12-5-2-3-8-16(12)19-11-15(18)14-7-4-6-13(9-14)10-17/h2-9H,11H2,1H3. The maximum atomic E-state index is 12.0. The Balaban J connectivity index is 2.06. The lowest BCUT2D eigenvalue weighted by Gasteiger charge is -2.08. The van der Waals surface area contributed by atoms with Crippen LogP contribution in [-0.2, 0) is 0 Å². The first-order chi connectivity index (χ1) is 9.20. The van der Waals surface area contributed by atoms with Crippen molar-refractivity contribution in [3.63, 3.8) is 0 Å². The number of aryl methyl sites for hydroxylation is 1. The number of carbonyl (C=O) groups is 1. The summed E-state index contributed by atoms with van der Waals surface area (Å²) in [5.41, 5.74) is 1.95. The van der Waals surface area contributed by atoms with Crippen LogP contribution in [0.4, 0.5) is 0 Å². The molecule has 3 nitrogen and oxygen atoms in total. The third-order valence-corrected chi connectivity index (χ3v) is 2.77. The number of hydrogen-bond acceptors (Lipinski definition) is 3. The molecule has 0 fully saturated rings. The molecule has 94 valence electrons. The van der Waals surface area contributed by atoms with Gasteiger partial charge < -0.3 is 4.74 Å². The van der Waals surface area contributed by atoms with E-state index in [9.17, 15) is 4.79 Å². The fourth-order valence-corrected chi connectivity index (χ4v) is 1.71. The highest BCUT2D eigenvalue weighted by Gasteiger charge is 2.08. The summed E-state index contributed by atoms with van der Waals surface area (Å²) in [4.78, 5) is 12.0. The van der Waals surface area contributed by atoms with Crippen LogP contribution in [0.3, 0.4) is 0 Å². The van der Waals surface area contributed by atoms with Crippen molar-refractivity contribution in [3.8, 4) is 11.8 Å². The molecule has 0 heterocycles. The summed E-state index contributed by atoms with van der Waals surface area (Å²) in [6, 6.07) is 16.2. The summed E-state index contributed by atoms with van der Waals surface area (Å²) >= 11 is 0. The minimum absolute atomic E-state index is 0.0280. The molecule has 19 heavy (non-hydrogen) atoms. The molecular formula is C16H13NO2. The van der Waals surface area contributed by atoms with Gasteiger partial charge in [0, 0.05) is 5.56 Å². The molecule has 0 saturated carbocycles. The van der Waals surface area contributed by atoms with E-state index < -0.39 is 0 Å². The molecule has 0 saturated heterocycles. The van der Waals surface area contributed by atoms with Crippen molar-refractivity contribution in [2.45, 2.75) is 6.92 Å². The molecular weight excluding hydrogens is 238 g/mol. The van der Waals surface area contributed by atoms with Gasteiger partial charge >= 0.3 is 0 Å². The van der Waals surface area contributed by atoms with Crippen LogP contribution >= 0.6 is 0 Å². The lowest BCUT2D eigenvalue weighted by atomic mass is 10.1. The molecule has 2 aromatic rings. The number of hydrogen-bond donors (Lipinski definition) is 0. The van der Waals surface area contributed by atoms with Gasteiger partial charge in [-0.05, 0) is 30.7 Å². The zero-order chi connectivity index (χ0) is 13.7. The van der Waals surface area contributed by atoms with Crippen LogP contribution < -0.4 is 4.74 Å². The van der Waals surface area contributed by atoms with Crippen LogP contribution in [0.2, 0.25) is 0 Å². The molecule has 2 aromatic carbocycles. The van der Waals surface area contributed by atoms with Crippen molar-refractivity contribution in [3.05, 3.63) is 65.2 Å². The SMILES string of the molecule is Cc1ccccc1OCC(=O)c1cccc(C#N)c1. The predicted molar refractivity (Wildman–Crippen MR) is 72.2 cm³/mol. The molecule has 0 unspecified atom stereocenters. The minimum atomic E-state index is -0.139. The van der Waals surface area contributed by atoms with E-state index in [1.54, 1.807) is 24.3 Å². The maximum absolute atomic E-state index is 12.0. The quantitative estimate of drug-likeness (QED) is 0.784. The number of nitrogens with zero attached hydrogens (tertiary/aromatic N) is 1. The van der Waals surface area contributed by atoms with Crippen LogP contribution in [0, 0.1) is 18.3 Å². The molecule has 0 N–H and O–H groups in total. The van der Waals surface area contributed by atoms with Gasteiger partial charge in [-0.15, -0.1) is 0 Å². The molecule has 0 aliphatic rings. The van der Waals surface area contributed by atoms with Crippen molar-refractivity contribution >= 4 is 5.78 Å². The summed E-state index contributed by atoms with van der Waals surface area (Å²) in [7, 11) is 0. The number of benzene rings is 2. The highest BCUT2D eigenvalue weighted by atomic mass is 16.5. The Morgan fingerprint density at radius 2 is 2.00 bits per heavy atom. The van der Waals surface area contributed by atoms with Crippen molar-refractivity contribution < 1.29 is 9.53 Å². The zero-order valence-electron chi connectivity index (χ0n) is 10.6. The second-order valence-corrected chi connectivity index (χ2v) is 4.17. The zero-order valence-corrected chi connectivity index (χ0v) is 10.6. The van der Waals surface area contributed by atoms with Gasteiger partial charge in [-0.1, -0.05) is 30.3 Å². The summed E-state index contributed by atoms with van der Waals surface area (Å²) in [6.07, 6.45) is 0. The molecule has 2 rings (SSSR count). The van der Waals surface area contributed by atoms with E-state index in [-0.39, 0.29) is 12.4 Å². The largest absolute Gasteiger partial charge is 0.485 e. The van der Waals surface area contributed by atoms with E-state index in [2.05, 4.69) is 0 Å². The summed E-state index contributed by atoms with van der Waals surface area (Å²) < 4.78 is 5.49. The molecule has 0 aliphatic heterocycles. The van der Waals surface area contributed by atoms with Gasteiger partial charge in [0.05, 0.1) is 11.6 Å². The smallest absolute Gasteiger partial charge is 0.200 e. The van der Waals surface area contributed by atoms with Crippen LogP contribution in [0.5, 0.6) is 5.75 Å². The molecule has 0 amide bonds. The van der Waals surface area contributed by atoms with Crippen molar-refractivity contribution in [1.29, 1.82) is 5.26 Å². The molecule has 0 aromatic heterocycles. The minimum Gasteiger partial charge on any atom is -0.485 e. The van der Waals surface area contributed by atoms with Gasteiger partial charge in [0.15, 0.2) is 12.4 Å². The van der Waals surface area contributed by atoms with Crippen molar-refractivity contribution in [1.82, 2.24) is 0 Å². The number of rotatable bonds is 4. The fraction of sp³-hybridized carbons (Fsp3) is 0.125. The van der Waals surface area contributed by atoms with E-state index in [1.165, 1.54) is 0 Å². The normalized spacial score (nSPS) is 9.68. The summed E-state index contributed by atoms with van der Waals surface area (Å²) in [6.45, 7) is 1.90. The highest BCUT2D eigenvalue weighted by Crippen LogP contribution is 2.16. The van der Waals surface area contributed by atoms with E-state index in [1.807, 2.05) is 37.3 Å².